The lowest BCUT2D eigenvalue weighted by atomic mass is 10.1. The van der Waals surface area contributed by atoms with Crippen molar-refractivity contribution in [2.24, 2.45) is 0 Å². The normalized spacial score (nSPS) is 12.5. The van der Waals surface area contributed by atoms with E-state index in [4.69, 9.17) is 4.74 Å². The molecular weight excluding hydrogens is 190 g/mol. The highest BCUT2D eigenvalue weighted by molar-refractivity contribution is 5.75. The van der Waals surface area contributed by atoms with Gasteiger partial charge in [-0.25, -0.2) is 0 Å². The summed E-state index contributed by atoms with van der Waals surface area (Å²) in [5, 5.41) is 3.27. The molecule has 1 unspecified atom stereocenters. The van der Waals surface area contributed by atoms with Crippen molar-refractivity contribution in [3.8, 4) is 0 Å². The summed E-state index contributed by atoms with van der Waals surface area (Å²) in [4.78, 5) is 11.4. The molecule has 1 atom stereocenters. The number of ether oxygens (including phenoxy) is 1. The minimum atomic E-state index is -0.125. The van der Waals surface area contributed by atoms with Crippen LogP contribution in [0.2, 0.25) is 0 Å². The van der Waals surface area contributed by atoms with Crippen LogP contribution in [0.3, 0.4) is 0 Å². The van der Waals surface area contributed by atoms with Crippen LogP contribution in [-0.4, -0.2) is 25.7 Å². The molecule has 0 aromatic heterocycles. The Morgan fingerprint density at radius 1 is 1.20 bits per heavy atom. The second-order valence-electron chi connectivity index (χ2n) is 3.88. The zero-order chi connectivity index (χ0) is 11.5. The van der Waals surface area contributed by atoms with Gasteiger partial charge in [0.25, 0.3) is 0 Å². The molecule has 0 aliphatic carbocycles. The predicted octanol–water partition coefficient (Wildman–Crippen LogP) is 2.50. The van der Waals surface area contributed by atoms with Gasteiger partial charge >= 0.3 is 5.97 Å². The predicted molar refractivity (Wildman–Crippen MR) is 62.9 cm³/mol. The Hall–Kier alpha value is -0.570. The Kier molecular flexibility index (Phi) is 9.59. The monoisotopic (exact) mass is 215 g/mol. The summed E-state index contributed by atoms with van der Waals surface area (Å²) in [6.07, 6.45) is 6.63. The van der Waals surface area contributed by atoms with Crippen LogP contribution in [0.15, 0.2) is 0 Å². The molecule has 0 saturated heterocycles. The lowest BCUT2D eigenvalue weighted by Gasteiger charge is -2.15. The maximum absolute atomic E-state index is 11.4. The first-order chi connectivity index (χ1) is 7.26. The Bertz CT molecular complexity index is 160. The third-order valence-electron chi connectivity index (χ3n) is 2.50. The van der Waals surface area contributed by atoms with E-state index in [0.29, 0.717) is 0 Å². The van der Waals surface area contributed by atoms with Crippen molar-refractivity contribution in [2.45, 2.75) is 58.4 Å². The number of carbonyl (C=O) groups is 1. The fourth-order valence-electron chi connectivity index (χ4n) is 1.51. The summed E-state index contributed by atoms with van der Waals surface area (Å²) < 4.78 is 4.76. The number of unbranched alkanes of at least 4 members (excludes halogenated alkanes) is 3. The van der Waals surface area contributed by atoms with Gasteiger partial charge in [0, 0.05) is 0 Å². The molecule has 3 nitrogen and oxygen atoms in total. The number of methoxy groups -OCH3 is 1. The van der Waals surface area contributed by atoms with Crippen molar-refractivity contribution >= 4 is 5.97 Å². The van der Waals surface area contributed by atoms with Gasteiger partial charge in [0.2, 0.25) is 0 Å². The number of hydrogen-bond donors (Lipinski definition) is 1. The summed E-state index contributed by atoms with van der Waals surface area (Å²) in [6.45, 7) is 5.22. The fourth-order valence-corrected chi connectivity index (χ4v) is 1.51. The quantitative estimate of drug-likeness (QED) is 0.474. The van der Waals surface area contributed by atoms with Gasteiger partial charge in [0.05, 0.1) is 7.11 Å². The molecule has 0 radical (unpaired) electrons. The number of esters is 1. The van der Waals surface area contributed by atoms with E-state index < -0.39 is 0 Å². The molecule has 0 heterocycles. The van der Waals surface area contributed by atoms with Gasteiger partial charge in [-0.05, 0) is 19.4 Å². The Morgan fingerprint density at radius 3 is 2.40 bits per heavy atom. The average molecular weight is 215 g/mol. The van der Waals surface area contributed by atoms with Crippen molar-refractivity contribution in [1.82, 2.24) is 5.32 Å². The number of carbonyl (C=O) groups excluding carboxylic acids is 1. The van der Waals surface area contributed by atoms with Crippen LogP contribution >= 0.6 is 0 Å². The third kappa shape index (κ3) is 7.37. The van der Waals surface area contributed by atoms with E-state index in [9.17, 15) is 4.79 Å². The lowest BCUT2D eigenvalue weighted by Crippen LogP contribution is -2.38. The molecule has 0 spiro atoms. The van der Waals surface area contributed by atoms with Gasteiger partial charge in [0.1, 0.15) is 6.04 Å². The van der Waals surface area contributed by atoms with Crippen LogP contribution in [0.5, 0.6) is 0 Å². The lowest BCUT2D eigenvalue weighted by molar-refractivity contribution is -0.143. The first kappa shape index (κ1) is 14.4. The van der Waals surface area contributed by atoms with Crippen LogP contribution in [0, 0.1) is 0 Å². The van der Waals surface area contributed by atoms with Crippen LogP contribution < -0.4 is 5.32 Å². The first-order valence-corrected chi connectivity index (χ1v) is 6.07. The maximum atomic E-state index is 11.4. The second kappa shape index (κ2) is 9.97. The summed E-state index contributed by atoms with van der Waals surface area (Å²) in [7, 11) is 1.45. The zero-order valence-electron chi connectivity index (χ0n) is 10.3. The van der Waals surface area contributed by atoms with E-state index in [1.54, 1.807) is 0 Å². The first-order valence-electron chi connectivity index (χ1n) is 6.07. The van der Waals surface area contributed by atoms with Crippen molar-refractivity contribution < 1.29 is 9.53 Å². The molecule has 0 aromatic carbocycles. The largest absolute Gasteiger partial charge is 0.468 e. The van der Waals surface area contributed by atoms with E-state index in [2.05, 4.69) is 19.2 Å². The molecule has 0 rings (SSSR count). The smallest absolute Gasteiger partial charge is 0.322 e. The van der Waals surface area contributed by atoms with E-state index in [1.807, 2.05) is 0 Å². The molecule has 90 valence electrons. The minimum Gasteiger partial charge on any atom is -0.468 e. The Balaban J connectivity index is 3.74. The molecule has 0 aliphatic heterocycles. The molecule has 0 saturated carbocycles. The van der Waals surface area contributed by atoms with Gasteiger partial charge in [0.15, 0.2) is 0 Å². The molecule has 15 heavy (non-hydrogen) atoms. The highest BCUT2D eigenvalue weighted by Gasteiger charge is 2.16. The topological polar surface area (TPSA) is 38.3 Å². The zero-order valence-corrected chi connectivity index (χ0v) is 10.3. The van der Waals surface area contributed by atoms with Crippen LogP contribution in [0.1, 0.15) is 52.4 Å². The number of nitrogens with one attached hydrogen (secondary N) is 1. The summed E-state index contributed by atoms with van der Waals surface area (Å²) in [5.74, 6) is -0.125. The molecular formula is C12H25NO2. The summed E-state index contributed by atoms with van der Waals surface area (Å²) >= 11 is 0. The van der Waals surface area contributed by atoms with Crippen molar-refractivity contribution in [3.63, 3.8) is 0 Å². The van der Waals surface area contributed by atoms with Crippen molar-refractivity contribution in [2.75, 3.05) is 13.7 Å². The number of hydrogen-bond acceptors (Lipinski definition) is 3. The fraction of sp³-hybridized carbons (Fsp3) is 0.917. The van der Waals surface area contributed by atoms with Crippen LogP contribution in [-0.2, 0) is 9.53 Å². The highest BCUT2D eigenvalue weighted by atomic mass is 16.5. The summed E-state index contributed by atoms with van der Waals surface area (Å²) in [5.41, 5.74) is 0. The van der Waals surface area contributed by atoms with E-state index in [1.165, 1.54) is 20.0 Å². The molecule has 0 aliphatic rings. The number of rotatable bonds is 9. The molecule has 3 heteroatoms. The molecule has 0 bridgehead atoms. The van der Waals surface area contributed by atoms with Crippen molar-refractivity contribution in [1.29, 1.82) is 0 Å². The summed E-state index contributed by atoms with van der Waals surface area (Å²) in [6, 6.07) is -0.105. The highest BCUT2D eigenvalue weighted by Crippen LogP contribution is 2.03. The third-order valence-corrected chi connectivity index (χ3v) is 2.50. The van der Waals surface area contributed by atoms with Gasteiger partial charge in [-0.2, -0.15) is 0 Å². The van der Waals surface area contributed by atoms with Crippen molar-refractivity contribution in [3.05, 3.63) is 0 Å². The molecule has 1 N–H and O–H groups in total. The molecule has 0 fully saturated rings. The van der Waals surface area contributed by atoms with Gasteiger partial charge in [-0.3, -0.25) is 4.79 Å². The standard InChI is InChI=1S/C12H25NO2/c1-4-6-8-10-13-11(9-7-5-2)12(14)15-3/h11,13H,4-10H2,1-3H3. The van der Waals surface area contributed by atoms with Crippen LogP contribution in [0.25, 0.3) is 0 Å². The molecule has 0 amide bonds. The molecule has 0 aromatic rings. The van der Waals surface area contributed by atoms with Gasteiger partial charge < -0.3 is 10.1 Å². The second-order valence-corrected chi connectivity index (χ2v) is 3.88. The Labute approximate surface area is 93.6 Å². The van der Waals surface area contributed by atoms with Crippen LogP contribution in [0.4, 0.5) is 0 Å². The van der Waals surface area contributed by atoms with E-state index >= 15 is 0 Å². The SMILES string of the molecule is CCCCCNC(CCCC)C(=O)OC. The van der Waals surface area contributed by atoms with Gasteiger partial charge in [-0.1, -0.05) is 39.5 Å². The van der Waals surface area contributed by atoms with E-state index in [-0.39, 0.29) is 12.0 Å². The van der Waals surface area contributed by atoms with E-state index in [0.717, 1.165) is 32.2 Å². The Morgan fingerprint density at radius 2 is 1.87 bits per heavy atom. The average Bonchev–Trinajstić information content (AvgIpc) is 2.27. The van der Waals surface area contributed by atoms with Gasteiger partial charge in [-0.15, -0.1) is 0 Å². The minimum absolute atomic E-state index is 0.105. The maximum Gasteiger partial charge on any atom is 0.322 e.